The zero-order chi connectivity index (χ0) is 14.4. The number of nitrogens with zero attached hydrogens (tertiary/aromatic N) is 1. The van der Waals surface area contributed by atoms with Crippen LogP contribution in [0.5, 0.6) is 0 Å². The van der Waals surface area contributed by atoms with Crippen LogP contribution in [0.1, 0.15) is 38.5 Å². The largest absolute Gasteiger partial charge is 0.368 e. The molecule has 1 aliphatic heterocycles. The zero-order valence-electron chi connectivity index (χ0n) is 12.1. The van der Waals surface area contributed by atoms with E-state index in [0.717, 1.165) is 25.9 Å². The normalized spacial score (nSPS) is 22.3. The molecule has 1 atom stereocenters. The minimum absolute atomic E-state index is 0.161. The van der Waals surface area contributed by atoms with Crippen LogP contribution in [0.25, 0.3) is 0 Å². The van der Waals surface area contributed by atoms with E-state index >= 15 is 0 Å². The molecule has 6 nitrogen and oxygen atoms in total. The van der Waals surface area contributed by atoms with Gasteiger partial charge in [-0.1, -0.05) is 32.1 Å². The van der Waals surface area contributed by atoms with Gasteiger partial charge in [0.25, 0.3) is 0 Å². The molecule has 0 unspecified atom stereocenters. The molecule has 6 heteroatoms. The van der Waals surface area contributed by atoms with Gasteiger partial charge < -0.3 is 21.3 Å². The fourth-order valence-electron chi connectivity index (χ4n) is 3.11. The fraction of sp³-hybridized carbons (Fsp3) is 0.857. The molecule has 1 saturated heterocycles. The lowest BCUT2D eigenvalue weighted by Gasteiger charge is -2.30. The number of nitrogens with one attached hydrogen (secondary N) is 2. The first kappa shape index (κ1) is 15.1. The molecule has 0 aromatic carbocycles. The highest BCUT2D eigenvalue weighted by Crippen LogP contribution is 2.27. The quantitative estimate of drug-likeness (QED) is 0.698. The van der Waals surface area contributed by atoms with E-state index in [4.69, 9.17) is 5.73 Å². The van der Waals surface area contributed by atoms with Crippen LogP contribution >= 0.6 is 0 Å². The number of piperazine rings is 1. The van der Waals surface area contributed by atoms with Crippen molar-refractivity contribution in [3.63, 3.8) is 0 Å². The van der Waals surface area contributed by atoms with Gasteiger partial charge in [0.05, 0.1) is 0 Å². The van der Waals surface area contributed by atoms with E-state index in [2.05, 4.69) is 10.6 Å². The van der Waals surface area contributed by atoms with Crippen LogP contribution in [0.3, 0.4) is 0 Å². The Bertz CT molecular complexity index is 336. The second-order valence-electron chi connectivity index (χ2n) is 5.88. The summed E-state index contributed by atoms with van der Waals surface area (Å²) in [6.07, 6.45) is 6.71. The van der Waals surface area contributed by atoms with E-state index in [-0.39, 0.29) is 6.03 Å². The molecule has 0 spiro atoms. The van der Waals surface area contributed by atoms with Gasteiger partial charge >= 0.3 is 6.03 Å². The van der Waals surface area contributed by atoms with Gasteiger partial charge in [-0.25, -0.2) is 4.79 Å². The Kier molecular flexibility index (Phi) is 5.64. The second kappa shape index (κ2) is 7.47. The van der Waals surface area contributed by atoms with Gasteiger partial charge in [0.1, 0.15) is 6.04 Å². The maximum absolute atomic E-state index is 12.1. The molecule has 1 saturated carbocycles. The first-order chi connectivity index (χ1) is 9.66. The molecule has 1 heterocycles. The first-order valence-electron chi connectivity index (χ1n) is 7.72. The van der Waals surface area contributed by atoms with Crippen molar-refractivity contribution in [2.45, 2.75) is 44.6 Å². The Morgan fingerprint density at radius 1 is 1.20 bits per heavy atom. The van der Waals surface area contributed by atoms with Crippen LogP contribution in [-0.2, 0) is 4.79 Å². The summed E-state index contributed by atoms with van der Waals surface area (Å²) in [6.45, 7) is 2.97. The van der Waals surface area contributed by atoms with Crippen molar-refractivity contribution in [2.24, 2.45) is 11.7 Å². The molecule has 114 valence electrons. The number of amides is 3. The van der Waals surface area contributed by atoms with Crippen LogP contribution < -0.4 is 16.4 Å². The summed E-state index contributed by atoms with van der Waals surface area (Å²) < 4.78 is 0. The molecule has 2 fully saturated rings. The van der Waals surface area contributed by atoms with Crippen LogP contribution in [0.2, 0.25) is 0 Å². The highest BCUT2D eigenvalue weighted by atomic mass is 16.2. The summed E-state index contributed by atoms with van der Waals surface area (Å²) in [4.78, 5) is 25.4. The fourth-order valence-corrected chi connectivity index (χ4v) is 3.11. The predicted octanol–water partition coefficient (Wildman–Crippen LogP) is 0.426. The van der Waals surface area contributed by atoms with E-state index in [9.17, 15) is 9.59 Å². The summed E-state index contributed by atoms with van der Waals surface area (Å²) in [5.41, 5.74) is 5.45. The lowest BCUT2D eigenvalue weighted by Crippen LogP contribution is -2.55. The summed E-state index contributed by atoms with van der Waals surface area (Å²) in [5.74, 6) is 0.101. The number of hydrogen-bond acceptors (Lipinski definition) is 3. The van der Waals surface area contributed by atoms with Crippen molar-refractivity contribution in [3.8, 4) is 0 Å². The van der Waals surface area contributed by atoms with Gasteiger partial charge in [0.15, 0.2) is 0 Å². The lowest BCUT2D eigenvalue weighted by molar-refractivity contribution is -0.120. The SMILES string of the molecule is NC(=O)[C@H](CC1CCCCC1)NC(=O)N1CCNCC1. The van der Waals surface area contributed by atoms with Gasteiger partial charge in [-0.3, -0.25) is 4.79 Å². The first-order valence-corrected chi connectivity index (χ1v) is 7.72. The van der Waals surface area contributed by atoms with Crippen LogP contribution in [-0.4, -0.2) is 49.1 Å². The minimum atomic E-state index is -0.527. The summed E-state index contributed by atoms with van der Waals surface area (Å²) in [6, 6.07) is -0.688. The molecule has 0 aromatic rings. The van der Waals surface area contributed by atoms with Crippen molar-refractivity contribution >= 4 is 11.9 Å². The van der Waals surface area contributed by atoms with E-state index in [1.54, 1.807) is 4.90 Å². The minimum Gasteiger partial charge on any atom is -0.368 e. The monoisotopic (exact) mass is 282 g/mol. The van der Waals surface area contributed by atoms with Gasteiger partial charge in [-0.15, -0.1) is 0 Å². The van der Waals surface area contributed by atoms with Crippen LogP contribution in [0.4, 0.5) is 4.79 Å². The van der Waals surface area contributed by atoms with E-state index < -0.39 is 11.9 Å². The molecular formula is C14H26N4O2. The smallest absolute Gasteiger partial charge is 0.318 e. The standard InChI is InChI=1S/C14H26N4O2/c15-13(19)12(10-11-4-2-1-3-5-11)17-14(20)18-8-6-16-7-9-18/h11-12,16H,1-10H2,(H2,15,19)(H,17,20)/t12-/m0/s1. The van der Waals surface area contributed by atoms with Gasteiger partial charge in [0, 0.05) is 26.2 Å². The summed E-state index contributed by atoms with van der Waals surface area (Å²) >= 11 is 0. The number of carbonyl (C=O) groups is 2. The van der Waals surface area contributed by atoms with Crippen LogP contribution in [0.15, 0.2) is 0 Å². The molecule has 0 bridgehead atoms. The topological polar surface area (TPSA) is 87.5 Å². The summed E-state index contributed by atoms with van der Waals surface area (Å²) in [7, 11) is 0. The van der Waals surface area contributed by atoms with Crippen LogP contribution in [0, 0.1) is 5.92 Å². The van der Waals surface area contributed by atoms with Gasteiger partial charge in [-0.2, -0.15) is 0 Å². The Hall–Kier alpha value is -1.30. The van der Waals surface area contributed by atoms with E-state index in [1.165, 1.54) is 19.3 Å². The van der Waals surface area contributed by atoms with Crippen molar-refractivity contribution in [1.29, 1.82) is 0 Å². The molecule has 3 amide bonds. The van der Waals surface area contributed by atoms with Crippen molar-refractivity contribution < 1.29 is 9.59 Å². The highest BCUT2D eigenvalue weighted by Gasteiger charge is 2.26. The van der Waals surface area contributed by atoms with Gasteiger partial charge in [0.2, 0.25) is 5.91 Å². The molecule has 4 N–H and O–H groups in total. The number of urea groups is 1. The Balaban J connectivity index is 1.84. The Morgan fingerprint density at radius 2 is 1.85 bits per heavy atom. The molecule has 0 aromatic heterocycles. The van der Waals surface area contributed by atoms with E-state index in [0.29, 0.717) is 25.4 Å². The average Bonchev–Trinajstić information content (AvgIpc) is 2.48. The number of carbonyl (C=O) groups excluding carboxylic acids is 2. The third-order valence-electron chi connectivity index (χ3n) is 4.34. The predicted molar refractivity (Wildman–Crippen MR) is 77.1 cm³/mol. The third-order valence-corrected chi connectivity index (χ3v) is 4.34. The molecule has 20 heavy (non-hydrogen) atoms. The van der Waals surface area contributed by atoms with E-state index in [1.807, 2.05) is 0 Å². The highest BCUT2D eigenvalue weighted by molar-refractivity contribution is 5.85. The summed E-state index contributed by atoms with van der Waals surface area (Å²) in [5, 5.41) is 6.02. The van der Waals surface area contributed by atoms with Crippen molar-refractivity contribution in [3.05, 3.63) is 0 Å². The molecule has 2 rings (SSSR count). The third kappa shape index (κ3) is 4.37. The van der Waals surface area contributed by atoms with Crippen molar-refractivity contribution in [1.82, 2.24) is 15.5 Å². The molecular weight excluding hydrogens is 256 g/mol. The lowest BCUT2D eigenvalue weighted by atomic mass is 9.84. The Labute approximate surface area is 120 Å². The molecule has 2 aliphatic rings. The number of nitrogens with two attached hydrogens (primary N) is 1. The van der Waals surface area contributed by atoms with Crippen molar-refractivity contribution in [2.75, 3.05) is 26.2 Å². The maximum Gasteiger partial charge on any atom is 0.318 e. The second-order valence-corrected chi connectivity index (χ2v) is 5.88. The molecule has 1 aliphatic carbocycles. The van der Waals surface area contributed by atoms with Gasteiger partial charge in [-0.05, 0) is 12.3 Å². The average molecular weight is 282 g/mol. The molecule has 0 radical (unpaired) electrons. The Morgan fingerprint density at radius 3 is 2.45 bits per heavy atom. The number of primary amides is 1. The number of rotatable bonds is 4. The maximum atomic E-state index is 12.1. The zero-order valence-corrected chi connectivity index (χ0v) is 12.1. The number of hydrogen-bond donors (Lipinski definition) is 3.